The Hall–Kier alpha value is -1.99. The highest BCUT2D eigenvalue weighted by Gasteiger charge is 2.22. The van der Waals surface area contributed by atoms with Crippen molar-refractivity contribution in [1.82, 2.24) is 9.97 Å². The maximum atomic E-state index is 11.9. The van der Waals surface area contributed by atoms with Gasteiger partial charge in [0.25, 0.3) is 0 Å². The molecule has 1 N–H and O–H groups in total. The first-order chi connectivity index (χ1) is 7.06. The monoisotopic (exact) mass is 220 g/mol. The van der Waals surface area contributed by atoms with Crippen LogP contribution in [0.5, 0.6) is 11.8 Å². The van der Waals surface area contributed by atoms with Crippen molar-refractivity contribution in [3.8, 4) is 11.8 Å². The average molecular weight is 220 g/mol. The molecule has 82 valence electrons. The van der Waals surface area contributed by atoms with Crippen molar-refractivity contribution < 1.29 is 28.2 Å². The molecule has 0 spiro atoms. The van der Waals surface area contributed by atoms with Crippen molar-refractivity contribution in [2.24, 2.45) is 0 Å². The molecule has 0 aliphatic rings. The molecule has 0 unspecified atom stereocenters. The molecule has 0 aromatic carbocycles. The molecule has 0 aliphatic heterocycles. The number of carbonyl (C=O) groups is 1. The molecule has 1 aromatic heterocycles. The summed E-state index contributed by atoms with van der Waals surface area (Å²) in [4.78, 5) is 17.4. The summed E-state index contributed by atoms with van der Waals surface area (Å²) in [5, 5.41) is 8.71. The van der Waals surface area contributed by atoms with Gasteiger partial charge in [-0.1, -0.05) is 0 Å². The molecular formula is C7H6F2N2O4. The maximum Gasteiger partial charge on any atom is 0.388 e. The second kappa shape index (κ2) is 4.49. The summed E-state index contributed by atoms with van der Waals surface area (Å²) in [7, 11) is 1.15. The van der Waals surface area contributed by atoms with Gasteiger partial charge in [0.2, 0.25) is 11.8 Å². The highest BCUT2D eigenvalue weighted by atomic mass is 19.3. The number of hydrogen-bond donors (Lipinski definition) is 1. The number of carboxylic acid groups (broad SMARTS) is 1. The number of carboxylic acids is 1. The molecule has 0 radical (unpaired) electrons. The molecule has 0 aliphatic carbocycles. The smallest absolute Gasteiger partial charge is 0.388 e. The lowest BCUT2D eigenvalue weighted by atomic mass is 10.3. The highest BCUT2D eigenvalue weighted by molar-refractivity contribution is 5.92. The van der Waals surface area contributed by atoms with Crippen LogP contribution in [0.2, 0.25) is 0 Å². The molecule has 0 atom stereocenters. The molecule has 0 fully saturated rings. The van der Waals surface area contributed by atoms with Crippen LogP contribution in [0, 0.1) is 0 Å². The largest absolute Gasteiger partial charge is 0.480 e. The number of alkyl halides is 2. The van der Waals surface area contributed by atoms with Crippen LogP contribution in [-0.2, 0) is 0 Å². The molecule has 0 amide bonds. The minimum Gasteiger partial charge on any atom is -0.480 e. The van der Waals surface area contributed by atoms with Crippen molar-refractivity contribution >= 4 is 5.97 Å². The van der Waals surface area contributed by atoms with E-state index < -0.39 is 24.0 Å². The van der Waals surface area contributed by atoms with E-state index in [1.54, 1.807) is 0 Å². The Labute approximate surface area is 82.5 Å². The molecule has 8 heteroatoms. The number of methoxy groups -OCH3 is 1. The summed E-state index contributed by atoms with van der Waals surface area (Å²) in [5.41, 5.74) is -0.639. The van der Waals surface area contributed by atoms with Gasteiger partial charge >= 0.3 is 12.6 Å². The third kappa shape index (κ3) is 2.48. The van der Waals surface area contributed by atoms with E-state index in [2.05, 4.69) is 19.4 Å². The summed E-state index contributed by atoms with van der Waals surface area (Å²) in [6, 6.07) is 0. The Morgan fingerprint density at radius 2 is 2.07 bits per heavy atom. The molecule has 1 heterocycles. The normalized spacial score (nSPS) is 10.1. The van der Waals surface area contributed by atoms with E-state index in [1.165, 1.54) is 0 Å². The number of aromatic nitrogens is 2. The standard InChI is InChI=1S/C7H6F2N2O4/c1-14-4-3(6(12)13)5(11-2-10-4)15-7(8)9/h2,7H,1H3,(H,12,13). The Morgan fingerprint density at radius 1 is 1.47 bits per heavy atom. The van der Waals surface area contributed by atoms with Gasteiger partial charge in [-0.2, -0.15) is 8.78 Å². The summed E-state index contributed by atoms with van der Waals surface area (Å²) < 4.78 is 32.2. The fourth-order valence-corrected chi connectivity index (χ4v) is 0.866. The van der Waals surface area contributed by atoms with Crippen LogP contribution in [-0.4, -0.2) is 34.8 Å². The van der Waals surface area contributed by atoms with Crippen LogP contribution < -0.4 is 9.47 Å². The minimum absolute atomic E-state index is 0.340. The maximum absolute atomic E-state index is 11.9. The first-order valence-corrected chi connectivity index (χ1v) is 3.63. The van der Waals surface area contributed by atoms with Crippen LogP contribution in [0.15, 0.2) is 6.33 Å². The Bertz CT molecular complexity index is 372. The van der Waals surface area contributed by atoms with Gasteiger partial charge in [-0.3, -0.25) is 0 Å². The second-order valence-corrected chi connectivity index (χ2v) is 2.25. The van der Waals surface area contributed by atoms with E-state index in [1.807, 2.05) is 0 Å². The van der Waals surface area contributed by atoms with Gasteiger partial charge in [0, 0.05) is 0 Å². The molecule has 1 aromatic rings. The van der Waals surface area contributed by atoms with E-state index in [9.17, 15) is 13.6 Å². The number of nitrogens with zero attached hydrogens (tertiary/aromatic N) is 2. The predicted octanol–water partition coefficient (Wildman–Crippen LogP) is 0.785. The van der Waals surface area contributed by atoms with Gasteiger partial charge in [0.15, 0.2) is 5.56 Å². The average Bonchev–Trinajstić information content (AvgIpc) is 2.15. The van der Waals surface area contributed by atoms with Crippen LogP contribution in [0.1, 0.15) is 10.4 Å². The fraction of sp³-hybridized carbons (Fsp3) is 0.286. The van der Waals surface area contributed by atoms with E-state index in [-0.39, 0.29) is 5.88 Å². The zero-order valence-electron chi connectivity index (χ0n) is 7.48. The Kier molecular flexibility index (Phi) is 3.32. The van der Waals surface area contributed by atoms with E-state index >= 15 is 0 Å². The van der Waals surface area contributed by atoms with Gasteiger partial charge in [-0.15, -0.1) is 0 Å². The van der Waals surface area contributed by atoms with E-state index in [0.717, 1.165) is 13.4 Å². The number of hydrogen-bond acceptors (Lipinski definition) is 5. The lowest BCUT2D eigenvalue weighted by Gasteiger charge is -2.08. The molecule has 6 nitrogen and oxygen atoms in total. The molecular weight excluding hydrogens is 214 g/mol. The summed E-state index contributed by atoms with van der Waals surface area (Å²) in [6.07, 6.45) is 0.864. The second-order valence-electron chi connectivity index (χ2n) is 2.25. The lowest BCUT2D eigenvalue weighted by molar-refractivity contribution is -0.0535. The van der Waals surface area contributed by atoms with Crippen molar-refractivity contribution in [2.45, 2.75) is 6.61 Å². The van der Waals surface area contributed by atoms with Crippen molar-refractivity contribution in [2.75, 3.05) is 7.11 Å². The quantitative estimate of drug-likeness (QED) is 0.807. The molecule has 1 rings (SSSR count). The van der Waals surface area contributed by atoms with E-state index in [4.69, 9.17) is 5.11 Å². The third-order valence-electron chi connectivity index (χ3n) is 1.39. The molecule has 0 bridgehead atoms. The zero-order chi connectivity index (χ0) is 11.4. The van der Waals surface area contributed by atoms with Gasteiger partial charge < -0.3 is 14.6 Å². The Morgan fingerprint density at radius 3 is 2.53 bits per heavy atom. The topological polar surface area (TPSA) is 81.5 Å². The van der Waals surface area contributed by atoms with Crippen molar-refractivity contribution in [3.05, 3.63) is 11.9 Å². The highest BCUT2D eigenvalue weighted by Crippen LogP contribution is 2.24. The van der Waals surface area contributed by atoms with Crippen molar-refractivity contribution in [1.29, 1.82) is 0 Å². The zero-order valence-corrected chi connectivity index (χ0v) is 7.48. The van der Waals surface area contributed by atoms with Crippen molar-refractivity contribution in [3.63, 3.8) is 0 Å². The number of ether oxygens (including phenoxy) is 2. The first kappa shape index (κ1) is 11.1. The first-order valence-electron chi connectivity index (χ1n) is 3.63. The van der Waals surface area contributed by atoms with E-state index in [0.29, 0.717) is 0 Å². The van der Waals surface area contributed by atoms with Gasteiger partial charge in [0.1, 0.15) is 6.33 Å². The van der Waals surface area contributed by atoms with Crippen LogP contribution in [0.4, 0.5) is 8.78 Å². The fourth-order valence-electron chi connectivity index (χ4n) is 0.866. The SMILES string of the molecule is COc1ncnc(OC(F)F)c1C(=O)O. The summed E-state index contributed by atoms with van der Waals surface area (Å²) in [6.45, 7) is -3.16. The van der Waals surface area contributed by atoms with Gasteiger partial charge in [-0.05, 0) is 0 Å². The van der Waals surface area contributed by atoms with Crippen LogP contribution >= 0.6 is 0 Å². The molecule has 0 saturated carbocycles. The number of aromatic carboxylic acids is 1. The van der Waals surface area contributed by atoms with Crippen LogP contribution in [0.25, 0.3) is 0 Å². The summed E-state index contributed by atoms with van der Waals surface area (Å²) >= 11 is 0. The minimum atomic E-state index is -3.16. The van der Waals surface area contributed by atoms with Gasteiger partial charge in [-0.25, -0.2) is 14.8 Å². The third-order valence-corrected chi connectivity index (χ3v) is 1.39. The number of rotatable bonds is 4. The Balaban J connectivity index is 3.19. The lowest BCUT2D eigenvalue weighted by Crippen LogP contribution is -2.11. The summed E-state index contributed by atoms with van der Waals surface area (Å²) in [5.74, 6) is -2.58. The molecule has 0 saturated heterocycles. The molecule has 15 heavy (non-hydrogen) atoms. The number of halogens is 2. The predicted molar refractivity (Wildman–Crippen MR) is 42.2 cm³/mol. The van der Waals surface area contributed by atoms with Crippen LogP contribution in [0.3, 0.4) is 0 Å². The van der Waals surface area contributed by atoms with Gasteiger partial charge in [0.05, 0.1) is 7.11 Å².